The van der Waals surface area contributed by atoms with Gasteiger partial charge in [-0.3, -0.25) is 4.79 Å². The normalized spacial score (nSPS) is 10.9. The maximum Gasteiger partial charge on any atom is 0.355 e. The summed E-state index contributed by atoms with van der Waals surface area (Å²) >= 11 is 0. The first-order chi connectivity index (χ1) is 12.5. The summed E-state index contributed by atoms with van der Waals surface area (Å²) in [5.74, 6) is 0.212. The summed E-state index contributed by atoms with van der Waals surface area (Å²) < 4.78 is 10.6. The van der Waals surface area contributed by atoms with E-state index in [0.717, 1.165) is 17.7 Å². The minimum atomic E-state index is -0.446. The zero-order valence-electron chi connectivity index (χ0n) is 15.7. The molecular weight excluding hydrogens is 330 g/mol. The number of aryl methyl sites for hydroxylation is 1. The molecule has 0 bridgehead atoms. The number of esters is 1. The number of benzene rings is 1. The zero-order chi connectivity index (χ0) is 19.1. The molecule has 0 radical (unpaired) electrons. The van der Waals surface area contributed by atoms with Crippen LogP contribution in [0.3, 0.4) is 0 Å². The van der Waals surface area contributed by atoms with E-state index in [1.165, 1.54) is 6.08 Å². The lowest BCUT2D eigenvalue weighted by molar-refractivity contribution is 0.0519. The van der Waals surface area contributed by atoms with E-state index in [9.17, 15) is 9.59 Å². The molecule has 1 heterocycles. The molecule has 1 aromatic carbocycles. The van der Waals surface area contributed by atoms with E-state index in [1.54, 1.807) is 26.8 Å². The van der Waals surface area contributed by atoms with Crippen LogP contribution >= 0.6 is 0 Å². The van der Waals surface area contributed by atoms with Gasteiger partial charge in [-0.05, 0) is 56.5 Å². The lowest BCUT2D eigenvalue weighted by Gasteiger charge is -2.04. The SMILES string of the molecule is CCCOc1ccc(/C=C/C(=O)c2c(C)[nH]c(C(=O)OCC)c2C)cc1. The average molecular weight is 355 g/mol. The Bertz CT molecular complexity index is 800. The van der Waals surface area contributed by atoms with Gasteiger partial charge in [0.1, 0.15) is 11.4 Å². The molecule has 0 saturated heterocycles. The molecule has 138 valence electrons. The summed E-state index contributed by atoms with van der Waals surface area (Å²) in [5.41, 5.74) is 3.01. The van der Waals surface area contributed by atoms with Crippen LogP contribution in [0.2, 0.25) is 0 Å². The van der Waals surface area contributed by atoms with Crippen molar-refractivity contribution in [2.45, 2.75) is 34.1 Å². The smallest absolute Gasteiger partial charge is 0.355 e. The van der Waals surface area contributed by atoms with E-state index in [0.29, 0.717) is 29.1 Å². The molecule has 0 aliphatic carbocycles. The van der Waals surface area contributed by atoms with E-state index >= 15 is 0 Å². The molecule has 0 aliphatic rings. The Hall–Kier alpha value is -2.82. The highest BCUT2D eigenvalue weighted by molar-refractivity contribution is 6.10. The summed E-state index contributed by atoms with van der Waals surface area (Å²) in [6, 6.07) is 7.56. The van der Waals surface area contributed by atoms with E-state index < -0.39 is 5.97 Å². The van der Waals surface area contributed by atoms with Gasteiger partial charge in [-0.25, -0.2) is 4.79 Å². The zero-order valence-corrected chi connectivity index (χ0v) is 15.7. The fourth-order valence-corrected chi connectivity index (χ4v) is 2.68. The summed E-state index contributed by atoms with van der Waals surface area (Å²) in [6.45, 7) is 8.30. The van der Waals surface area contributed by atoms with Crippen LogP contribution in [0.5, 0.6) is 5.75 Å². The number of carbonyl (C=O) groups excluding carboxylic acids is 2. The molecule has 5 nitrogen and oxygen atoms in total. The Labute approximate surface area is 154 Å². The maximum absolute atomic E-state index is 12.6. The highest BCUT2D eigenvalue weighted by atomic mass is 16.5. The quantitative estimate of drug-likeness (QED) is 0.430. The number of ether oxygens (including phenoxy) is 2. The van der Waals surface area contributed by atoms with Gasteiger partial charge in [0.05, 0.1) is 13.2 Å². The molecule has 5 heteroatoms. The molecule has 0 unspecified atom stereocenters. The number of rotatable bonds is 8. The monoisotopic (exact) mass is 355 g/mol. The molecular formula is C21H25NO4. The van der Waals surface area contributed by atoms with Crippen LogP contribution in [0.15, 0.2) is 30.3 Å². The first-order valence-electron chi connectivity index (χ1n) is 8.79. The summed E-state index contributed by atoms with van der Waals surface area (Å²) in [6.07, 6.45) is 4.22. The number of nitrogens with one attached hydrogen (secondary N) is 1. The number of allylic oxidation sites excluding steroid dienone is 1. The van der Waals surface area contributed by atoms with Crippen LogP contribution in [0.1, 0.15) is 57.9 Å². The maximum atomic E-state index is 12.6. The fourth-order valence-electron chi connectivity index (χ4n) is 2.68. The Kier molecular flexibility index (Phi) is 6.78. The highest BCUT2D eigenvalue weighted by Crippen LogP contribution is 2.20. The molecule has 0 atom stereocenters. The molecule has 1 aromatic heterocycles. The number of carbonyl (C=O) groups is 2. The van der Waals surface area contributed by atoms with Crippen molar-refractivity contribution in [3.63, 3.8) is 0 Å². The third-order valence-corrected chi connectivity index (χ3v) is 3.94. The second-order valence-corrected chi connectivity index (χ2v) is 5.96. The molecule has 2 rings (SSSR count). The number of ketones is 1. The Morgan fingerprint density at radius 1 is 1.12 bits per heavy atom. The van der Waals surface area contributed by atoms with Gasteiger partial charge in [0.15, 0.2) is 5.78 Å². The first-order valence-corrected chi connectivity index (χ1v) is 8.79. The predicted octanol–water partition coefficient (Wildman–Crippen LogP) is 4.49. The number of aromatic amines is 1. The molecule has 0 fully saturated rings. The largest absolute Gasteiger partial charge is 0.494 e. The van der Waals surface area contributed by atoms with E-state index in [4.69, 9.17) is 9.47 Å². The lowest BCUT2D eigenvalue weighted by atomic mass is 10.0. The van der Waals surface area contributed by atoms with Crippen LogP contribution in [0, 0.1) is 13.8 Å². The van der Waals surface area contributed by atoms with Gasteiger partial charge >= 0.3 is 5.97 Å². The van der Waals surface area contributed by atoms with Gasteiger partial charge < -0.3 is 14.5 Å². The highest BCUT2D eigenvalue weighted by Gasteiger charge is 2.21. The van der Waals surface area contributed by atoms with Gasteiger partial charge in [-0.2, -0.15) is 0 Å². The molecule has 0 saturated carbocycles. The Morgan fingerprint density at radius 2 is 1.81 bits per heavy atom. The van der Waals surface area contributed by atoms with Crippen molar-refractivity contribution in [3.8, 4) is 5.75 Å². The van der Waals surface area contributed by atoms with Crippen LogP contribution in [-0.4, -0.2) is 30.0 Å². The van der Waals surface area contributed by atoms with Crippen molar-refractivity contribution in [1.82, 2.24) is 4.98 Å². The molecule has 0 amide bonds. The molecule has 2 aromatic rings. The molecule has 0 aliphatic heterocycles. The van der Waals surface area contributed by atoms with Crippen molar-refractivity contribution in [3.05, 3.63) is 58.4 Å². The molecule has 0 spiro atoms. The fraction of sp³-hybridized carbons (Fsp3) is 0.333. The lowest BCUT2D eigenvalue weighted by Crippen LogP contribution is -2.07. The van der Waals surface area contributed by atoms with Crippen molar-refractivity contribution < 1.29 is 19.1 Å². The summed E-state index contributed by atoms with van der Waals surface area (Å²) in [4.78, 5) is 27.5. The second-order valence-electron chi connectivity index (χ2n) is 5.96. The second kappa shape index (κ2) is 9.04. The van der Waals surface area contributed by atoms with E-state index in [2.05, 4.69) is 11.9 Å². The molecule has 1 N–H and O–H groups in total. The predicted molar refractivity (Wildman–Crippen MR) is 102 cm³/mol. The van der Waals surface area contributed by atoms with Crippen molar-refractivity contribution in [1.29, 1.82) is 0 Å². The Morgan fingerprint density at radius 3 is 2.42 bits per heavy atom. The third-order valence-electron chi connectivity index (χ3n) is 3.94. The van der Waals surface area contributed by atoms with Crippen molar-refractivity contribution in [2.75, 3.05) is 13.2 Å². The topological polar surface area (TPSA) is 68.4 Å². The summed E-state index contributed by atoms with van der Waals surface area (Å²) in [5, 5.41) is 0. The number of aromatic nitrogens is 1. The molecule has 26 heavy (non-hydrogen) atoms. The van der Waals surface area contributed by atoms with Crippen LogP contribution in [-0.2, 0) is 4.74 Å². The number of H-pyrrole nitrogens is 1. The van der Waals surface area contributed by atoms with Crippen LogP contribution < -0.4 is 4.74 Å². The standard InChI is InChI=1S/C21H25NO4/c1-5-13-26-17-10-7-16(8-11-17)9-12-18(23)19-14(3)20(22-15(19)4)21(24)25-6-2/h7-12,22H,5-6,13H2,1-4H3/b12-9+. The van der Waals surface area contributed by atoms with Crippen molar-refractivity contribution >= 4 is 17.8 Å². The van der Waals surface area contributed by atoms with Gasteiger partial charge in [-0.1, -0.05) is 25.1 Å². The van der Waals surface area contributed by atoms with Crippen LogP contribution in [0.25, 0.3) is 6.08 Å². The first kappa shape index (κ1) is 19.5. The van der Waals surface area contributed by atoms with E-state index in [1.807, 2.05) is 24.3 Å². The van der Waals surface area contributed by atoms with Crippen molar-refractivity contribution in [2.24, 2.45) is 0 Å². The van der Waals surface area contributed by atoms with E-state index in [-0.39, 0.29) is 12.4 Å². The minimum absolute atomic E-state index is 0.155. The number of hydrogen-bond acceptors (Lipinski definition) is 4. The Balaban J connectivity index is 2.14. The van der Waals surface area contributed by atoms with Gasteiger partial charge in [0.25, 0.3) is 0 Å². The van der Waals surface area contributed by atoms with Gasteiger partial charge in [0.2, 0.25) is 0 Å². The summed E-state index contributed by atoms with van der Waals surface area (Å²) in [7, 11) is 0. The van der Waals surface area contributed by atoms with Gasteiger partial charge in [-0.15, -0.1) is 0 Å². The van der Waals surface area contributed by atoms with Crippen LogP contribution in [0.4, 0.5) is 0 Å². The minimum Gasteiger partial charge on any atom is -0.494 e. The third kappa shape index (κ3) is 4.63. The average Bonchev–Trinajstić information content (AvgIpc) is 2.93. The van der Waals surface area contributed by atoms with Gasteiger partial charge in [0, 0.05) is 11.3 Å². The number of hydrogen-bond donors (Lipinski definition) is 1.